The zero-order valence-corrected chi connectivity index (χ0v) is 18.1. The molecule has 2 rings (SSSR count). The molecule has 1 aliphatic carbocycles. The summed E-state index contributed by atoms with van der Waals surface area (Å²) in [5.74, 6) is 1.32. The van der Waals surface area contributed by atoms with E-state index in [4.69, 9.17) is 0 Å². The van der Waals surface area contributed by atoms with Crippen LogP contribution < -0.4 is 0 Å². The second-order valence-electron chi connectivity index (χ2n) is 3.31. The first-order valence-electron chi connectivity index (χ1n) is 5.64. The van der Waals surface area contributed by atoms with Gasteiger partial charge in [-0.1, -0.05) is 35.9 Å². The van der Waals surface area contributed by atoms with E-state index in [9.17, 15) is 0 Å². The zero-order chi connectivity index (χ0) is 14.2. The van der Waals surface area contributed by atoms with Crippen LogP contribution in [0.5, 0.6) is 0 Å². The smallest absolute Gasteiger partial charge is 0 e. The van der Waals surface area contributed by atoms with Crippen LogP contribution in [0.25, 0.3) is 0 Å². The van der Waals surface area contributed by atoms with Gasteiger partial charge in [-0.25, -0.2) is 6.92 Å². The summed E-state index contributed by atoms with van der Waals surface area (Å²) in [6, 6.07) is 10.3. The summed E-state index contributed by atoms with van der Waals surface area (Å²) in [4.78, 5) is 0. The second kappa shape index (κ2) is 25.3. The fourth-order valence-corrected chi connectivity index (χ4v) is 1.07. The van der Waals surface area contributed by atoms with Gasteiger partial charge >= 0.3 is 0 Å². The van der Waals surface area contributed by atoms with Gasteiger partial charge in [0.05, 0.1) is 0 Å². The van der Waals surface area contributed by atoms with Gasteiger partial charge in [0.1, 0.15) is 0 Å². The Morgan fingerprint density at radius 2 is 1.20 bits per heavy atom. The molecule has 0 atom stereocenters. The van der Waals surface area contributed by atoms with Gasteiger partial charge in [0.15, 0.2) is 0 Å². The summed E-state index contributed by atoms with van der Waals surface area (Å²) in [5.41, 5.74) is 1.32. The van der Waals surface area contributed by atoms with Crippen molar-refractivity contribution in [2.45, 2.75) is 13.8 Å². The molecule has 118 valence electrons. The van der Waals surface area contributed by atoms with Crippen molar-refractivity contribution in [1.82, 2.24) is 0 Å². The molecular weight excluding hydrogens is 448 g/mol. The molecule has 0 amide bonds. The summed E-state index contributed by atoms with van der Waals surface area (Å²) < 4.78 is 0. The summed E-state index contributed by atoms with van der Waals surface area (Å²) >= 11 is 8.17. The average Bonchev–Trinajstić information content (AvgIpc) is 2.46. The van der Waals surface area contributed by atoms with E-state index in [0.29, 0.717) is 0 Å². The van der Waals surface area contributed by atoms with E-state index in [1.54, 1.807) is 12.5 Å². The molecule has 0 heterocycles. The third kappa shape index (κ3) is 21.6. The Bertz CT molecular complexity index is 237. The number of hydrogen-bond acceptors (Lipinski definition) is 2. The van der Waals surface area contributed by atoms with E-state index in [1.165, 1.54) is 11.5 Å². The number of rotatable bonds is 0. The summed E-state index contributed by atoms with van der Waals surface area (Å²) in [7, 11) is 0. The van der Waals surface area contributed by atoms with Crippen molar-refractivity contribution in [3.05, 3.63) is 73.9 Å². The van der Waals surface area contributed by atoms with E-state index in [0.717, 1.165) is 0 Å². The molecule has 4 heteroatoms. The summed E-state index contributed by atoms with van der Waals surface area (Å²) in [5, 5.41) is 0. The standard InChI is InChI=1S/2C7H8.2CH4S.2Mo/c2*1-7-5-3-2-4-6-7;2*1-2;;/h2*2-6H,1H3;2*2H,1H3;;/q;-6;;;;/p-2. The molecule has 0 bridgehead atoms. The molecule has 0 saturated heterocycles. The molecule has 0 N–H and O–H groups in total. The average molecular weight is 470 g/mol. The molecule has 0 aromatic heterocycles. The maximum atomic E-state index is 4.08. The van der Waals surface area contributed by atoms with Crippen LogP contribution in [-0.2, 0) is 67.4 Å². The van der Waals surface area contributed by atoms with Crippen molar-refractivity contribution < 1.29 is 42.1 Å². The third-order valence-electron chi connectivity index (χ3n) is 1.88. The number of aryl methyl sites for hydroxylation is 1. The predicted molar refractivity (Wildman–Crippen MR) is 88.2 cm³/mol. The van der Waals surface area contributed by atoms with Crippen molar-refractivity contribution in [2.24, 2.45) is 0 Å². The summed E-state index contributed by atoms with van der Waals surface area (Å²) in [6.07, 6.45) is 13.4. The third-order valence-corrected chi connectivity index (χ3v) is 1.88. The molecule has 0 unspecified atom stereocenters. The first-order valence-corrected chi connectivity index (χ1v) is 7.27. The van der Waals surface area contributed by atoms with Gasteiger partial charge in [-0.15, -0.1) is 0 Å². The predicted octanol–water partition coefficient (Wildman–Crippen LogP) is 3.93. The van der Waals surface area contributed by atoms with E-state index < -0.39 is 0 Å². The quantitative estimate of drug-likeness (QED) is 0.320. The van der Waals surface area contributed by atoms with Crippen molar-refractivity contribution in [3.8, 4) is 0 Å². The van der Waals surface area contributed by atoms with Crippen molar-refractivity contribution in [1.29, 1.82) is 0 Å². The first-order chi connectivity index (χ1) is 8.79. The maximum Gasteiger partial charge on any atom is 0 e. The molecule has 0 radical (unpaired) electrons. The van der Waals surface area contributed by atoms with Crippen LogP contribution in [-0.4, -0.2) is 12.5 Å². The minimum Gasteiger partial charge on any atom is -0.796 e. The van der Waals surface area contributed by atoms with Gasteiger partial charge in [-0.2, -0.15) is 12.5 Å². The Kier molecular flexibility index (Phi) is 37.0. The second-order valence-corrected chi connectivity index (χ2v) is 3.31. The van der Waals surface area contributed by atoms with Crippen LogP contribution in [0.3, 0.4) is 0 Å². The van der Waals surface area contributed by atoms with Crippen molar-refractivity contribution >= 4 is 25.3 Å². The van der Waals surface area contributed by atoms with Gasteiger partial charge in [0, 0.05) is 42.1 Å². The van der Waals surface area contributed by atoms with Gasteiger partial charge < -0.3 is 63.3 Å². The molecule has 0 aliphatic heterocycles. The molecule has 1 saturated carbocycles. The van der Waals surface area contributed by atoms with Gasteiger partial charge in [-0.3, -0.25) is 0 Å². The Morgan fingerprint density at radius 1 is 0.800 bits per heavy atom. The minimum atomic E-state index is 0. The van der Waals surface area contributed by atoms with Crippen molar-refractivity contribution in [2.75, 3.05) is 12.5 Å². The van der Waals surface area contributed by atoms with E-state index in [2.05, 4.69) is 64.1 Å². The van der Waals surface area contributed by atoms with Crippen LogP contribution in [0.15, 0.2) is 30.3 Å². The van der Waals surface area contributed by atoms with Crippen LogP contribution in [0.2, 0.25) is 0 Å². The number of hydrogen-bond donors (Lipinski definition) is 0. The fourth-order valence-electron chi connectivity index (χ4n) is 1.07. The van der Waals surface area contributed by atoms with E-state index in [-0.39, 0.29) is 42.1 Å². The molecule has 1 aliphatic rings. The van der Waals surface area contributed by atoms with Gasteiger partial charge in [0.25, 0.3) is 0 Å². The van der Waals surface area contributed by atoms with Crippen LogP contribution >= 0.6 is 0 Å². The van der Waals surface area contributed by atoms with Crippen LogP contribution in [0, 0.1) is 44.9 Å². The summed E-state index contributed by atoms with van der Waals surface area (Å²) in [6.45, 7) is 4.17. The Hall–Kier alpha value is 1.30. The molecule has 0 spiro atoms. The molecule has 0 nitrogen and oxygen atoms in total. The fraction of sp³-hybridized carbons (Fsp3) is 0.250. The zero-order valence-electron chi connectivity index (χ0n) is 12.4. The van der Waals surface area contributed by atoms with Gasteiger partial charge in [-0.05, 0) is 6.92 Å². The minimum absolute atomic E-state index is 0. The number of benzene rings is 1. The van der Waals surface area contributed by atoms with Crippen molar-refractivity contribution in [3.63, 3.8) is 0 Å². The van der Waals surface area contributed by atoms with Crippen LogP contribution in [0.1, 0.15) is 12.5 Å². The molecule has 1 fully saturated rings. The monoisotopic (exact) mass is 474 g/mol. The van der Waals surface area contributed by atoms with E-state index >= 15 is 0 Å². The SMILES string of the molecule is C[C-]1[CH-][CH-][CH-][CH-][CH-]1.C[S-].C[S-].Cc1ccccc1.[Mo].[Mo]. The van der Waals surface area contributed by atoms with E-state index in [1.807, 2.05) is 37.5 Å². The normalized spacial score (nSPS) is 12.5. The molecular formula is C16H22Mo2S2-8. The largest absolute Gasteiger partial charge is 0.796 e. The molecule has 1 aromatic carbocycles. The first kappa shape index (κ1) is 29.3. The Labute approximate surface area is 166 Å². The Balaban J connectivity index is -0.0000000950. The molecule has 1 aromatic rings. The van der Waals surface area contributed by atoms with Gasteiger partial charge in [0.2, 0.25) is 0 Å². The maximum absolute atomic E-state index is 4.08. The van der Waals surface area contributed by atoms with Crippen LogP contribution in [0.4, 0.5) is 0 Å². The topological polar surface area (TPSA) is 0 Å². The molecule has 20 heavy (non-hydrogen) atoms. The Morgan fingerprint density at radius 3 is 1.40 bits per heavy atom.